The maximum Gasteiger partial charge on any atom is 0.338 e. The van der Waals surface area contributed by atoms with Gasteiger partial charge in [0.05, 0.1) is 18.9 Å². The summed E-state index contributed by atoms with van der Waals surface area (Å²) >= 11 is 0. The summed E-state index contributed by atoms with van der Waals surface area (Å²) in [5.41, 5.74) is 0.320. The molecule has 98 valence electrons. The number of esters is 1. The van der Waals surface area contributed by atoms with E-state index in [4.69, 9.17) is 15.4 Å². The first-order valence-corrected chi connectivity index (χ1v) is 5.16. The van der Waals surface area contributed by atoms with Crippen molar-refractivity contribution in [2.24, 2.45) is 5.90 Å². The number of methoxy groups -OCH3 is 1. The van der Waals surface area contributed by atoms with Crippen LogP contribution in [-0.2, 0) is 9.57 Å². The number of carbonyl (C=O) groups is 1. The Morgan fingerprint density at radius 3 is 2.67 bits per heavy atom. The monoisotopic (exact) mass is 253 g/mol. The highest BCUT2D eigenvalue weighted by atomic mass is 16.6. The van der Waals surface area contributed by atoms with E-state index in [0.717, 1.165) is 0 Å². The van der Waals surface area contributed by atoms with E-state index < -0.39 is 5.97 Å². The van der Waals surface area contributed by atoms with Crippen molar-refractivity contribution < 1.29 is 23.8 Å². The first-order valence-electron chi connectivity index (χ1n) is 5.16. The number of carbonyl (C=O) groups excluding carboxylic acids is 1. The van der Waals surface area contributed by atoms with Gasteiger partial charge < -0.3 is 19.0 Å². The molecule has 0 aromatic heterocycles. The quantitative estimate of drug-likeness (QED) is 0.341. The molecular formula is C12H15NO5. The molecule has 0 aliphatic heterocycles. The van der Waals surface area contributed by atoms with Crippen LogP contribution in [0, 0.1) is 0 Å². The lowest BCUT2D eigenvalue weighted by atomic mass is 10.2. The molecular weight excluding hydrogens is 238 g/mol. The summed E-state index contributed by atoms with van der Waals surface area (Å²) in [6, 6.07) is 4.68. The highest BCUT2D eigenvalue weighted by molar-refractivity contribution is 5.90. The number of nitrogens with two attached hydrogens (primary N) is 1. The minimum absolute atomic E-state index is 0.236. The molecule has 0 amide bonds. The zero-order chi connectivity index (χ0) is 13.4. The van der Waals surface area contributed by atoms with E-state index in [0.29, 0.717) is 17.1 Å². The summed E-state index contributed by atoms with van der Waals surface area (Å²) in [6.45, 7) is 3.93. The van der Waals surface area contributed by atoms with Gasteiger partial charge in [0, 0.05) is 6.07 Å². The summed E-state index contributed by atoms with van der Waals surface area (Å²) in [6.07, 6.45) is 1.25. The molecule has 0 spiro atoms. The Morgan fingerprint density at radius 2 is 2.06 bits per heavy atom. The van der Waals surface area contributed by atoms with Gasteiger partial charge in [-0.25, -0.2) is 10.7 Å². The van der Waals surface area contributed by atoms with E-state index in [9.17, 15) is 4.79 Å². The maximum atomic E-state index is 11.4. The average molecular weight is 253 g/mol. The molecule has 6 nitrogen and oxygen atoms in total. The standard InChI is InChI=1S/C12H15NO5/c1-3-16-10-6-9(12(14)15-2)7-11(8-10)17-4-5-18-13/h3,6-8H,1,4-5,13H2,2H3. The SMILES string of the molecule is C=COc1cc(OCCON)cc(C(=O)OC)c1. The van der Waals surface area contributed by atoms with Crippen molar-refractivity contribution in [1.29, 1.82) is 0 Å². The van der Waals surface area contributed by atoms with Crippen LogP contribution >= 0.6 is 0 Å². The second-order valence-corrected chi connectivity index (χ2v) is 3.19. The Kier molecular flexibility index (Phi) is 5.69. The Balaban J connectivity index is 2.90. The van der Waals surface area contributed by atoms with E-state index >= 15 is 0 Å². The smallest absolute Gasteiger partial charge is 0.338 e. The van der Waals surface area contributed by atoms with Crippen LogP contribution in [0.3, 0.4) is 0 Å². The summed E-state index contributed by atoms with van der Waals surface area (Å²) in [7, 11) is 1.30. The summed E-state index contributed by atoms with van der Waals surface area (Å²) < 4.78 is 15.1. The summed E-state index contributed by atoms with van der Waals surface area (Å²) in [4.78, 5) is 15.8. The van der Waals surface area contributed by atoms with Gasteiger partial charge in [0.2, 0.25) is 0 Å². The molecule has 0 saturated carbocycles. The number of rotatable bonds is 7. The van der Waals surface area contributed by atoms with Crippen molar-refractivity contribution in [3.63, 3.8) is 0 Å². The van der Waals surface area contributed by atoms with Gasteiger partial charge in [-0.1, -0.05) is 6.58 Å². The van der Waals surface area contributed by atoms with Crippen LogP contribution < -0.4 is 15.4 Å². The third-order valence-corrected chi connectivity index (χ3v) is 1.99. The van der Waals surface area contributed by atoms with Gasteiger partial charge in [-0.2, -0.15) is 0 Å². The van der Waals surface area contributed by atoms with Gasteiger partial charge in [0.15, 0.2) is 0 Å². The van der Waals surface area contributed by atoms with Crippen molar-refractivity contribution in [3.05, 3.63) is 36.6 Å². The van der Waals surface area contributed by atoms with Gasteiger partial charge in [0.25, 0.3) is 0 Å². The fourth-order valence-electron chi connectivity index (χ4n) is 1.26. The van der Waals surface area contributed by atoms with Crippen LogP contribution in [0.15, 0.2) is 31.0 Å². The Labute approximate surface area is 105 Å². The molecule has 1 aromatic carbocycles. The number of benzene rings is 1. The lowest BCUT2D eigenvalue weighted by Crippen LogP contribution is -2.10. The van der Waals surface area contributed by atoms with Gasteiger partial charge in [0.1, 0.15) is 24.7 Å². The second kappa shape index (κ2) is 7.31. The normalized spacial score (nSPS) is 9.67. The molecule has 0 heterocycles. The van der Waals surface area contributed by atoms with E-state index in [-0.39, 0.29) is 13.2 Å². The molecule has 0 fully saturated rings. The van der Waals surface area contributed by atoms with Crippen LogP contribution in [0.25, 0.3) is 0 Å². The van der Waals surface area contributed by atoms with Gasteiger partial charge in [-0.15, -0.1) is 0 Å². The largest absolute Gasteiger partial charge is 0.491 e. The lowest BCUT2D eigenvalue weighted by Gasteiger charge is -2.09. The molecule has 0 aliphatic rings. The molecule has 0 saturated heterocycles. The van der Waals surface area contributed by atoms with Gasteiger partial charge >= 0.3 is 5.97 Å². The van der Waals surface area contributed by atoms with Crippen molar-refractivity contribution >= 4 is 5.97 Å². The van der Waals surface area contributed by atoms with E-state index in [1.54, 1.807) is 6.07 Å². The molecule has 6 heteroatoms. The van der Waals surface area contributed by atoms with Crippen molar-refractivity contribution in [2.45, 2.75) is 0 Å². The van der Waals surface area contributed by atoms with E-state index in [1.165, 1.54) is 25.5 Å². The first-order chi connectivity index (χ1) is 8.71. The average Bonchev–Trinajstić information content (AvgIpc) is 2.38. The van der Waals surface area contributed by atoms with E-state index in [1.807, 2.05) is 0 Å². The Bertz CT molecular complexity index is 419. The third-order valence-electron chi connectivity index (χ3n) is 1.99. The van der Waals surface area contributed by atoms with Gasteiger partial charge in [-0.3, -0.25) is 0 Å². The molecule has 1 rings (SSSR count). The van der Waals surface area contributed by atoms with Crippen LogP contribution in [0.2, 0.25) is 0 Å². The number of ether oxygens (including phenoxy) is 3. The summed E-state index contributed by atoms with van der Waals surface area (Å²) in [5, 5.41) is 0. The summed E-state index contributed by atoms with van der Waals surface area (Å²) in [5.74, 6) is 5.27. The molecule has 0 bridgehead atoms. The van der Waals surface area contributed by atoms with E-state index in [2.05, 4.69) is 16.2 Å². The fourth-order valence-corrected chi connectivity index (χ4v) is 1.26. The first kappa shape index (κ1) is 14.0. The molecule has 0 atom stereocenters. The lowest BCUT2D eigenvalue weighted by molar-refractivity contribution is 0.0599. The molecule has 0 radical (unpaired) electrons. The minimum atomic E-state index is -0.482. The minimum Gasteiger partial charge on any atom is -0.491 e. The van der Waals surface area contributed by atoms with Crippen molar-refractivity contribution in [3.8, 4) is 11.5 Å². The molecule has 0 aliphatic carbocycles. The van der Waals surface area contributed by atoms with Crippen LogP contribution in [-0.4, -0.2) is 26.3 Å². The topological polar surface area (TPSA) is 80.0 Å². The van der Waals surface area contributed by atoms with Crippen molar-refractivity contribution in [1.82, 2.24) is 0 Å². The molecule has 2 N–H and O–H groups in total. The Morgan fingerprint density at radius 1 is 1.33 bits per heavy atom. The Hall–Kier alpha value is -2.05. The maximum absolute atomic E-state index is 11.4. The van der Waals surface area contributed by atoms with Gasteiger partial charge in [-0.05, 0) is 12.1 Å². The molecule has 0 unspecified atom stereocenters. The number of hydrogen-bond donors (Lipinski definition) is 1. The molecule has 18 heavy (non-hydrogen) atoms. The van der Waals surface area contributed by atoms with Crippen LogP contribution in [0.5, 0.6) is 11.5 Å². The zero-order valence-electron chi connectivity index (χ0n) is 10.0. The number of hydrogen-bond acceptors (Lipinski definition) is 6. The highest BCUT2D eigenvalue weighted by Crippen LogP contribution is 2.23. The van der Waals surface area contributed by atoms with Crippen LogP contribution in [0.1, 0.15) is 10.4 Å². The third kappa shape index (κ3) is 4.08. The highest BCUT2D eigenvalue weighted by Gasteiger charge is 2.10. The molecule has 1 aromatic rings. The van der Waals surface area contributed by atoms with Crippen molar-refractivity contribution in [2.75, 3.05) is 20.3 Å². The van der Waals surface area contributed by atoms with Crippen LogP contribution in [0.4, 0.5) is 0 Å². The predicted molar refractivity (Wildman–Crippen MR) is 64.2 cm³/mol. The zero-order valence-corrected chi connectivity index (χ0v) is 10.0. The second-order valence-electron chi connectivity index (χ2n) is 3.19. The fraction of sp³-hybridized carbons (Fsp3) is 0.250. The predicted octanol–water partition coefficient (Wildman–Crippen LogP) is 1.26.